The molecule has 1 saturated carbocycles. The van der Waals surface area contributed by atoms with Gasteiger partial charge in [0.25, 0.3) is 0 Å². The average molecular weight is 279 g/mol. The Hall–Kier alpha value is -0.450. The van der Waals surface area contributed by atoms with Gasteiger partial charge in [0.2, 0.25) is 0 Å². The third kappa shape index (κ3) is 2.24. The molecule has 1 aromatic rings. The van der Waals surface area contributed by atoms with Crippen LogP contribution in [0.4, 0.5) is 0 Å². The second kappa shape index (κ2) is 4.83. The van der Waals surface area contributed by atoms with Crippen LogP contribution in [-0.4, -0.2) is 35.6 Å². The van der Waals surface area contributed by atoms with Gasteiger partial charge in [0.05, 0.1) is 11.2 Å². The quantitative estimate of drug-likeness (QED) is 0.918. The number of thiazole rings is 1. The van der Waals surface area contributed by atoms with Crippen molar-refractivity contribution in [2.24, 2.45) is 0 Å². The highest BCUT2D eigenvalue weighted by molar-refractivity contribution is 7.11. The van der Waals surface area contributed by atoms with Crippen LogP contribution in [0.25, 0.3) is 0 Å². The third-order valence-electron chi connectivity index (χ3n) is 4.79. The van der Waals surface area contributed by atoms with Crippen LogP contribution in [0, 0.1) is 6.92 Å². The Balaban J connectivity index is 1.90. The summed E-state index contributed by atoms with van der Waals surface area (Å²) in [6, 6.07) is 1.52. The van der Waals surface area contributed by atoms with Crippen LogP contribution in [0.1, 0.15) is 48.7 Å². The number of aryl methyl sites for hydroxylation is 2. The van der Waals surface area contributed by atoms with Crippen LogP contribution < -0.4 is 5.32 Å². The van der Waals surface area contributed by atoms with Crippen LogP contribution in [0.3, 0.4) is 0 Å². The van der Waals surface area contributed by atoms with Gasteiger partial charge in [-0.25, -0.2) is 4.98 Å². The zero-order valence-corrected chi connectivity index (χ0v) is 13.3. The number of likely N-dealkylation sites (tertiary alicyclic amines) is 1. The first-order chi connectivity index (χ1) is 9.09. The van der Waals surface area contributed by atoms with E-state index in [1.165, 1.54) is 34.8 Å². The SMILES string of the molecule is CCc1nc(C2(NC)CC(C)N(C3CC3)C2)sc1C. The molecule has 3 rings (SSSR count). The van der Waals surface area contributed by atoms with Gasteiger partial charge in [-0.1, -0.05) is 6.92 Å². The van der Waals surface area contributed by atoms with Gasteiger partial charge in [0, 0.05) is 23.5 Å². The zero-order chi connectivity index (χ0) is 13.6. The molecule has 2 heterocycles. The summed E-state index contributed by atoms with van der Waals surface area (Å²) < 4.78 is 0. The maximum atomic E-state index is 4.93. The molecule has 0 aromatic carbocycles. The van der Waals surface area contributed by atoms with Gasteiger partial charge >= 0.3 is 0 Å². The molecule has 1 aliphatic heterocycles. The fraction of sp³-hybridized carbons (Fsp3) is 0.800. The molecule has 4 heteroatoms. The lowest BCUT2D eigenvalue weighted by molar-refractivity contribution is 0.243. The molecule has 0 radical (unpaired) electrons. The molecule has 0 spiro atoms. The van der Waals surface area contributed by atoms with Gasteiger partial charge in [0.1, 0.15) is 5.01 Å². The first-order valence-electron chi connectivity index (χ1n) is 7.51. The highest BCUT2D eigenvalue weighted by atomic mass is 32.1. The highest BCUT2D eigenvalue weighted by Gasteiger charge is 2.48. The first-order valence-corrected chi connectivity index (χ1v) is 8.32. The van der Waals surface area contributed by atoms with Gasteiger partial charge in [-0.2, -0.15) is 0 Å². The van der Waals surface area contributed by atoms with Crippen LogP contribution in [-0.2, 0) is 12.0 Å². The predicted molar refractivity (Wildman–Crippen MR) is 80.8 cm³/mol. The first kappa shape index (κ1) is 13.5. The second-order valence-corrected chi connectivity index (χ2v) is 7.37. The number of hydrogen-bond acceptors (Lipinski definition) is 4. The highest BCUT2D eigenvalue weighted by Crippen LogP contribution is 2.43. The Bertz CT molecular complexity index is 466. The summed E-state index contributed by atoms with van der Waals surface area (Å²) in [6.45, 7) is 7.91. The molecular formula is C15H25N3S. The van der Waals surface area contributed by atoms with Crippen molar-refractivity contribution < 1.29 is 0 Å². The van der Waals surface area contributed by atoms with Crippen LogP contribution in [0.5, 0.6) is 0 Å². The van der Waals surface area contributed by atoms with Crippen LogP contribution >= 0.6 is 11.3 Å². The lowest BCUT2D eigenvalue weighted by Gasteiger charge is -2.27. The summed E-state index contributed by atoms with van der Waals surface area (Å²) in [5, 5.41) is 4.91. The predicted octanol–water partition coefficient (Wildman–Crippen LogP) is 2.69. The molecule has 0 bridgehead atoms. The molecule has 19 heavy (non-hydrogen) atoms. The number of nitrogens with zero attached hydrogens (tertiary/aromatic N) is 2. The second-order valence-electron chi connectivity index (χ2n) is 6.16. The fourth-order valence-corrected chi connectivity index (χ4v) is 4.65. The Kier molecular flexibility index (Phi) is 3.44. The topological polar surface area (TPSA) is 28.2 Å². The third-order valence-corrected chi connectivity index (χ3v) is 6.01. The lowest BCUT2D eigenvalue weighted by atomic mass is 9.97. The van der Waals surface area contributed by atoms with E-state index in [-0.39, 0.29) is 5.54 Å². The van der Waals surface area contributed by atoms with Crippen molar-refractivity contribution in [1.29, 1.82) is 0 Å². The lowest BCUT2D eigenvalue weighted by Crippen LogP contribution is -2.43. The van der Waals surface area contributed by atoms with E-state index in [4.69, 9.17) is 4.98 Å². The van der Waals surface area contributed by atoms with E-state index >= 15 is 0 Å². The van der Waals surface area contributed by atoms with Crippen molar-refractivity contribution in [2.75, 3.05) is 13.6 Å². The normalized spacial score (nSPS) is 32.1. The molecule has 2 unspecified atom stereocenters. The molecule has 1 aliphatic carbocycles. The van der Waals surface area contributed by atoms with E-state index < -0.39 is 0 Å². The minimum absolute atomic E-state index is 0.0881. The average Bonchev–Trinajstić information content (AvgIpc) is 3.08. The molecule has 106 valence electrons. The number of aromatic nitrogens is 1. The number of likely N-dealkylation sites (N-methyl/N-ethyl adjacent to an activating group) is 1. The fourth-order valence-electron chi connectivity index (χ4n) is 3.45. The minimum atomic E-state index is 0.0881. The van der Waals surface area contributed by atoms with Crippen molar-refractivity contribution >= 4 is 11.3 Å². The number of rotatable bonds is 4. The maximum Gasteiger partial charge on any atom is 0.115 e. The van der Waals surface area contributed by atoms with E-state index in [1.807, 2.05) is 11.3 Å². The molecule has 2 atom stereocenters. The monoisotopic (exact) mass is 279 g/mol. The Labute approximate surface area is 120 Å². The van der Waals surface area contributed by atoms with Gasteiger partial charge < -0.3 is 5.32 Å². The largest absolute Gasteiger partial charge is 0.307 e. The molecule has 1 aromatic heterocycles. The zero-order valence-electron chi connectivity index (χ0n) is 12.5. The molecular weight excluding hydrogens is 254 g/mol. The van der Waals surface area contributed by atoms with Crippen molar-refractivity contribution in [3.8, 4) is 0 Å². The minimum Gasteiger partial charge on any atom is -0.307 e. The Morgan fingerprint density at radius 1 is 1.47 bits per heavy atom. The van der Waals surface area contributed by atoms with Crippen molar-refractivity contribution in [1.82, 2.24) is 15.2 Å². The molecule has 1 saturated heterocycles. The summed E-state index contributed by atoms with van der Waals surface area (Å²) in [5.41, 5.74) is 1.37. The van der Waals surface area contributed by atoms with E-state index in [9.17, 15) is 0 Å². The van der Waals surface area contributed by atoms with Gasteiger partial charge in [0.15, 0.2) is 0 Å². The standard InChI is InChI=1S/C15H25N3S/c1-5-13-11(3)19-14(17-13)15(16-4)8-10(2)18(9-15)12-6-7-12/h10,12,16H,5-9H2,1-4H3. The van der Waals surface area contributed by atoms with Gasteiger partial charge in [-0.3, -0.25) is 4.90 Å². The van der Waals surface area contributed by atoms with Gasteiger partial charge in [-0.15, -0.1) is 11.3 Å². The summed E-state index contributed by atoms with van der Waals surface area (Å²) in [5.74, 6) is 0. The van der Waals surface area contributed by atoms with Crippen molar-refractivity contribution in [2.45, 2.75) is 64.1 Å². The summed E-state index contributed by atoms with van der Waals surface area (Å²) in [7, 11) is 2.10. The number of nitrogens with one attached hydrogen (secondary N) is 1. The Morgan fingerprint density at radius 3 is 2.74 bits per heavy atom. The van der Waals surface area contributed by atoms with Crippen molar-refractivity contribution in [3.05, 3.63) is 15.6 Å². The van der Waals surface area contributed by atoms with Crippen LogP contribution in [0.15, 0.2) is 0 Å². The molecule has 2 fully saturated rings. The van der Waals surface area contributed by atoms with E-state index in [0.29, 0.717) is 6.04 Å². The summed E-state index contributed by atoms with van der Waals surface area (Å²) in [4.78, 5) is 9.02. The van der Waals surface area contributed by atoms with E-state index in [1.54, 1.807) is 0 Å². The van der Waals surface area contributed by atoms with E-state index in [2.05, 4.69) is 38.0 Å². The molecule has 1 N–H and O–H groups in total. The summed E-state index contributed by atoms with van der Waals surface area (Å²) >= 11 is 1.90. The summed E-state index contributed by atoms with van der Waals surface area (Å²) in [6.07, 6.45) is 5.02. The number of hydrogen-bond donors (Lipinski definition) is 1. The Morgan fingerprint density at radius 2 is 2.21 bits per heavy atom. The molecule has 0 amide bonds. The van der Waals surface area contributed by atoms with E-state index in [0.717, 1.165) is 19.0 Å². The van der Waals surface area contributed by atoms with Crippen molar-refractivity contribution in [3.63, 3.8) is 0 Å². The molecule has 2 aliphatic rings. The van der Waals surface area contributed by atoms with Gasteiger partial charge in [-0.05, 0) is 46.6 Å². The smallest absolute Gasteiger partial charge is 0.115 e. The molecule has 3 nitrogen and oxygen atoms in total. The van der Waals surface area contributed by atoms with Crippen LogP contribution in [0.2, 0.25) is 0 Å². The maximum absolute atomic E-state index is 4.93.